The number of carbonyl (C=O) groups excluding carboxylic acids is 2. The Morgan fingerprint density at radius 3 is 2.39 bits per heavy atom. The molecule has 0 aliphatic carbocycles. The number of pyridine rings is 1. The minimum Gasteiger partial charge on any atom is -0.444 e. The van der Waals surface area contributed by atoms with Gasteiger partial charge in [-0.1, -0.05) is 18.2 Å². The highest BCUT2D eigenvalue weighted by Gasteiger charge is 2.27. The summed E-state index contributed by atoms with van der Waals surface area (Å²) in [6.07, 6.45) is 1.45. The Kier molecular flexibility index (Phi) is 6.90. The van der Waals surface area contributed by atoms with Crippen LogP contribution in [0.15, 0.2) is 48.8 Å². The van der Waals surface area contributed by atoms with E-state index in [0.29, 0.717) is 50.5 Å². The predicted molar refractivity (Wildman–Crippen MR) is 158 cm³/mol. The van der Waals surface area contributed by atoms with Gasteiger partial charge in [0.15, 0.2) is 0 Å². The van der Waals surface area contributed by atoms with Gasteiger partial charge in [-0.05, 0) is 39.0 Å². The van der Waals surface area contributed by atoms with E-state index in [1.807, 2.05) is 55.7 Å². The van der Waals surface area contributed by atoms with Gasteiger partial charge in [-0.2, -0.15) is 0 Å². The zero-order valence-corrected chi connectivity index (χ0v) is 23.7. The van der Waals surface area contributed by atoms with Gasteiger partial charge in [0.1, 0.15) is 23.3 Å². The molecule has 214 valence electrons. The molecule has 2 amide bonds. The molecule has 0 unspecified atom stereocenters. The average molecular weight is 558 g/mol. The Balaban J connectivity index is 1.39. The van der Waals surface area contributed by atoms with Crippen LogP contribution in [0.3, 0.4) is 0 Å². The molecule has 4 heterocycles. The molecule has 0 atom stereocenters. The summed E-state index contributed by atoms with van der Waals surface area (Å²) >= 11 is 0. The molecule has 2 fully saturated rings. The molecule has 2 aliphatic heterocycles. The number of para-hydroxylation sites is 1. The van der Waals surface area contributed by atoms with Gasteiger partial charge in [0.25, 0.3) is 5.91 Å². The van der Waals surface area contributed by atoms with E-state index in [4.69, 9.17) is 20.2 Å². The molecule has 2 aromatic carbocycles. The van der Waals surface area contributed by atoms with Gasteiger partial charge in [0.05, 0.1) is 35.5 Å². The van der Waals surface area contributed by atoms with E-state index in [9.17, 15) is 9.59 Å². The number of hydrogen-bond acceptors (Lipinski definition) is 8. The summed E-state index contributed by atoms with van der Waals surface area (Å²) in [5, 5.41) is 0.959. The highest BCUT2D eigenvalue weighted by Crippen LogP contribution is 2.32. The average Bonchev–Trinajstić information content (AvgIpc) is 3.39. The van der Waals surface area contributed by atoms with Crippen molar-refractivity contribution in [1.82, 2.24) is 19.4 Å². The van der Waals surface area contributed by atoms with Crippen molar-refractivity contribution in [3.8, 4) is 5.69 Å². The molecular formula is C30H35N7O4. The van der Waals surface area contributed by atoms with Gasteiger partial charge >= 0.3 is 6.09 Å². The predicted octanol–water partition coefficient (Wildman–Crippen LogP) is 3.57. The number of anilines is 2. The van der Waals surface area contributed by atoms with E-state index in [-0.39, 0.29) is 6.09 Å². The number of nitrogens with two attached hydrogens (primary N) is 1. The van der Waals surface area contributed by atoms with E-state index in [2.05, 4.69) is 26.9 Å². The summed E-state index contributed by atoms with van der Waals surface area (Å²) < 4.78 is 13.1. The van der Waals surface area contributed by atoms with Crippen LogP contribution in [0.25, 0.3) is 27.6 Å². The second kappa shape index (κ2) is 10.5. The second-order valence-electron chi connectivity index (χ2n) is 11.4. The SMILES string of the molecule is CC(C)(C)OC(=O)N1CCN(c2cc(-n3cnc4c(C(N)=O)cc(N5CCOCC5)cc43)c3ccccc3n2)CC1. The van der Waals surface area contributed by atoms with Crippen molar-refractivity contribution in [2.75, 3.05) is 62.3 Å². The van der Waals surface area contributed by atoms with Crippen molar-refractivity contribution in [1.29, 1.82) is 0 Å². The number of nitrogens with zero attached hydrogens (tertiary/aromatic N) is 6. The number of piperazine rings is 1. The maximum absolute atomic E-state index is 12.6. The molecule has 0 radical (unpaired) electrons. The van der Waals surface area contributed by atoms with E-state index in [1.165, 1.54) is 0 Å². The first kappa shape index (κ1) is 26.8. The van der Waals surface area contributed by atoms with Gasteiger partial charge in [-0.3, -0.25) is 9.36 Å². The number of ether oxygens (including phenoxy) is 2. The van der Waals surface area contributed by atoms with Crippen molar-refractivity contribution < 1.29 is 19.1 Å². The number of carbonyl (C=O) groups is 2. The normalized spacial score (nSPS) is 16.4. The molecule has 11 heteroatoms. The number of amides is 2. The zero-order chi connectivity index (χ0) is 28.7. The largest absolute Gasteiger partial charge is 0.444 e. The first-order chi connectivity index (χ1) is 19.7. The topological polar surface area (TPSA) is 119 Å². The highest BCUT2D eigenvalue weighted by molar-refractivity contribution is 6.06. The third kappa shape index (κ3) is 5.37. The second-order valence-corrected chi connectivity index (χ2v) is 11.4. The summed E-state index contributed by atoms with van der Waals surface area (Å²) in [7, 11) is 0. The van der Waals surface area contributed by atoms with Crippen LogP contribution < -0.4 is 15.5 Å². The van der Waals surface area contributed by atoms with E-state index in [0.717, 1.165) is 46.7 Å². The standard InChI is InChI=1S/C30H35N7O4/c1-30(2,3)41-29(39)36-10-8-35(9-11-36)26-18-24(21-6-4-5-7-23(21)33-26)37-19-32-27-22(28(31)38)16-20(17-25(27)37)34-12-14-40-15-13-34/h4-7,16-19H,8-15H2,1-3H3,(H2,31,38). The molecule has 11 nitrogen and oxygen atoms in total. The molecule has 2 aromatic heterocycles. The van der Waals surface area contributed by atoms with E-state index >= 15 is 0 Å². The van der Waals surface area contributed by atoms with Gasteiger partial charge in [0, 0.05) is 56.4 Å². The Hall–Kier alpha value is -4.38. The first-order valence-electron chi connectivity index (χ1n) is 13.9. The van der Waals surface area contributed by atoms with Crippen LogP contribution in [0, 0.1) is 0 Å². The lowest BCUT2D eigenvalue weighted by atomic mass is 10.1. The molecule has 41 heavy (non-hydrogen) atoms. The van der Waals surface area contributed by atoms with E-state index in [1.54, 1.807) is 11.2 Å². The van der Waals surface area contributed by atoms with Gasteiger partial charge in [-0.25, -0.2) is 14.8 Å². The molecule has 6 rings (SSSR count). The van der Waals surface area contributed by atoms with Crippen LogP contribution in [0.5, 0.6) is 0 Å². The van der Waals surface area contributed by atoms with Crippen molar-refractivity contribution >= 4 is 45.4 Å². The third-order valence-electron chi connectivity index (χ3n) is 7.47. The minimum atomic E-state index is -0.535. The quantitative estimate of drug-likeness (QED) is 0.405. The Labute approximate surface area is 238 Å². The fraction of sp³-hybridized carbons (Fsp3) is 0.400. The Morgan fingerprint density at radius 2 is 1.68 bits per heavy atom. The summed E-state index contributed by atoms with van der Waals surface area (Å²) in [6.45, 7) is 10.7. The fourth-order valence-electron chi connectivity index (χ4n) is 5.43. The van der Waals surface area contributed by atoms with Crippen molar-refractivity contribution in [3.63, 3.8) is 0 Å². The number of fused-ring (bicyclic) bond motifs is 2. The Morgan fingerprint density at radius 1 is 0.951 bits per heavy atom. The van der Waals surface area contributed by atoms with Crippen LogP contribution in [-0.4, -0.2) is 89.5 Å². The maximum atomic E-state index is 12.6. The van der Waals surface area contributed by atoms with Crippen molar-refractivity contribution in [3.05, 3.63) is 54.4 Å². The Bertz CT molecular complexity index is 1610. The number of imidazole rings is 1. The van der Waals surface area contributed by atoms with Crippen LogP contribution in [0.2, 0.25) is 0 Å². The highest BCUT2D eigenvalue weighted by atomic mass is 16.6. The molecule has 2 aliphatic rings. The lowest BCUT2D eigenvalue weighted by Crippen LogP contribution is -2.50. The molecule has 0 saturated carbocycles. The van der Waals surface area contributed by atoms with Crippen LogP contribution in [0.4, 0.5) is 16.3 Å². The van der Waals surface area contributed by atoms with Gasteiger partial charge < -0.3 is 29.9 Å². The van der Waals surface area contributed by atoms with Crippen LogP contribution in [-0.2, 0) is 9.47 Å². The summed E-state index contributed by atoms with van der Waals surface area (Å²) in [5.74, 6) is 0.294. The number of benzene rings is 2. The lowest BCUT2D eigenvalue weighted by molar-refractivity contribution is 0.0240. The summed E-state index contributed by atoms with van der Waals surface area (Å²) in [6, 6.07) is 13.9. The summed E-state index contributed by atoms with van der Waals surface area (Å²) in [4.78, 5) is 40.8. The fourth-order valence-corrected chi connectivity index (χ4v) is 5.43. The monoisotopic (exact) mass is 557 g/mol. The smallest absolute Gasteiger partial charge is 0.410 e. The molecular weight excluding hydrogens is 522 g/mol. The van der Waals surface area contributed by atoms with Crippen LogP contribution in [0.1, 0.15) is 31.1 Å². The molecule has 2 N–H and O–H groups in total. The number of aromatic nitrogens is 3. The number of morpholine rings is 1. The third-order valence-corrected chi connectivity index (χ3v) is 7.47. The molecule has 0 bridgehead atoms. The van der Waals surface area contributed by atoms with Crippen molar-refractivity contribution in [2.24, 2.45) is 5.73 Å². The summed E-state index contributed by atoms with van der Waals surface area (Å²) in [5.41, 5.74) is 9.68. The number of rotatable bonds is 4. The zero-order valence-electron chi connectivity index (χ0n) is 23.7. The van der Waals surface area contributed by atoms with Crippen LogP contribution >= 0.6 is 0 Å². The molecule has 2 saturated heterocycles. The number of hydrogen-bond donors (Lipinski definition) is 1. The molecule has 4 aromatic rings. The lowest BCUT2D eigenvalue weighted by Gasteiger charge is -2.36. The van der Waals surface area contributed by atoms with Gasteiger partial charge in [0.2, 0.25) is 0 Å². The van der Waals surface area contributed by atoms with Gasteiger partial charge in [-0.15, -0.1) is 0 Å². The maximum Gasteiger partial charge on any atom is 0.410 e. The molecule has 0 spiro atoms. The number of primary amides is 1. The van der Waals surface area contributed by atoms with Crippen molar-refractivity contribution in [2.45, 2.75) is 26.4 Å². The first-order valence-corrected chi connectivity index (χ1v) is 13.9. The minimum absolute atomic E-state index is 0.296. The van der Waals surface area contributed by atoms with E-state index < -0.39 is 11.5 Å².